The van der Waals surface area contributed by atoms with Crippen LogP contribution in [-0.4, -0.2) is 24.1 Å². The van der Waals surface area contributed by atoms with Crippen molar-refractivity contribution in [2.45, 2.75) is 6.42 Å². The summed E-state index contributed by atoms with van der Waals surface area (Å²) in [7, 11) is 0. The maximum absolute atomic E-state index is 12.1. The van der Waals surface area contributed by atoms with Crippen LogP contribution >= 0.6 is 0 Å². The molecule has 0 heterocycles. The average molecular weight is 320 g/mol. The molecule has 0 aliphatic carbocycles. The molecule has 0 aliphatic rings. The van der Waals surface area contributed by atoms with Gasteiger partial charge in [-0.2, -0.15) is 10.4 Å². The molecule has 0 unspecified atom stereocenters. The number of hydrazone groups is 1. The molecule has 0 spiro atoms. The van der Waals surface area contributed by atoms with Crippen molar-refractivity contribution in [2.24, 2.45) is 5.10 Å². The summed E-state index contributed by atoms with van der Waals surface area (Å²) in [6.07, 6.45) is -0.276. The molecular weight excluding hydrogens is 304 g/mol. The number of carbonyl (C=O) groups is 2. The monoisotopic (exact) mass is 320 g/mol. The van der Waals surface area contributed by atoms with Crippen LogP contribution < -0.4 is 10.7 Å². The maximum Gasteiger partial charge on any atom is 0.254 e. The summed E-state index contributed by atoms with van der Waals surface area (Å²) < 4.78 is 0. The summed E-state index contributed by atoms with van der Waals surface area (Å²) in [6.45, 7) is 0.143. The molecule has 0 saturated carbocycles. The van der Waals surface area contributed by atoms with Crippen molar-refractivity contribution in [3.05, 3.63) is 71.8 Å². The van der Waals surface area contributed by atoms with Crippen molar-refractivity contribution in [3.63, 3.8) is 0 Å². The first-order valence-corrected chi connectivity index (χ1v) is 7.31. The van der Waals surface area contributed by atoms with Crippen LogP contribution in [0.2, 0.25) is 0 Å². The molecule has 0 bridgehead atoms. The van der Waals surface area contributed by atoms with E-state index in [0.29, 0.717) is 11.3 Å². The van der Waals surface area contributed by atoms with E-state index in [1.165, 1.54) is 0 Å². The summed E-state index contributed by atoms with van der Waals surface area (Å²) in [5, 5.41) is 15.3. The Morgan fingerprint density at radius 3 is 2.12 bits per heavy atom. The van der Waals surface area contributed by atoms with E-state index in [-0.39, 0.29) is 18.9 Å². The second-order valence-electron chi connectivity index (χ2n) is 4.84. The number of carbonyl (C=O) groups excluding carboxylic acids is 2. The van der Waals surface area contributed by atoms with E-state index in [9.17, 15) is 9.59 Å². The van der Waals surface area contributed by atoms with Crippen LogP contribution in [0.4, 0.5) is 0 Å². The minimum Gasteiger partial charge on any atom is -0.346 e. The summed E-state index contributed by atoms with van der Waals surface area (Å²) in [6, 6.07) is 19.7. The Labute approximate surface area is 139 Å². The van der Waals surface area contributed by atoms with E-state index < -0.39 is 5.91 Å². The van der Waals surface area contributed by atoms with Crippen LogP contribution in [0.15, 0.2) is 65.8 Å². The molecule has 0 aromatic heterocycles. The normalized spacial score (nSPS) is 10.5. The van der Waals surface area contributed by atoms with E-state index in [1.54, 1.807) is 30.3 Å². The fourth-order valence-corrected chi connectivity index (χ4v) is 1.93. The first-order chi connectivity index (χ1) is 11.7. The van der Waals surface area contributed by atoms with E-state index >= 15 is 0 Å². The van der Waals surface area contributed by atoms with E-state index in [0.717, 1.165) is 5.56 Å². The summed E-state index contributed by atoms with van der Waals surface area (Å²) in [4.78, 5) is 23.5. The van der Waals surface area contributed by atoms with Crippen molar-refractivity contribution < 1.29 is 9.59 Å². The van der Waals surface area contributed by atoms with Gasteiger partial charge < -0.3 is 5.32 Å². The van der Waals surface area contributed by atoms with Crippen molar-refractivity contribution in [1.82, 2.24) is 10.7 Å². The van der Waals surface area contributed by atoms with Gasteiger partial charge in [-0.15, -0.1) is 0 Å². The molecule has 0 aliphatic heterocycles. The van der Waals surface area contributed by atoms with Gasteiger partial charge in [-0.1, -0.05) is 48.5 Å². The van der Waals surface area contributed by atoms with Crippen LogP contribution in [0.5, 0.6) is 0 Å². The highest BCUT2D eigenvalue weighted by Gasteiger charge is 2.09. The molecule has 24 heavy (non-hydrogen) atoms. The third-order valence-corrected chi connectivity index (χ3v) is 3.11. The van der Waals surface area contributed by atoms with Gasteiger partial charge in [0.2, 0.25) is 0 Å². The molecule has 2 rings (SSSR count). The number of benzene rings is 2. The Bertz CT molecular complexity index is 765. The number of hydrogen-bond acceptors (Lipinski definition) is 4. The lowest BCUT2D eigenvalue weighted by molar-refractivity contribution is -0.120. The smallest absolute Gasteiger partial charge is 0.254 e. The number of nitriles is 1. The third-order valence-electron chi connectivity index (χ3n) is 3.11. The molecule has 120 valence electrons. The SMILES string of the molecule is N#CCC(=O)N/N=C(\CNC(=O)c1ccccc1)c1ccccc1. The number of rotatable bonds is 6. The first kappa shape index (κ1) is 16.9. The Hall–Kier alpha value is -3.46. The highest BCUT2D eigenvalue weighted by Crippen LogP contribution is 2.02. The largest absolute Gasteiger partial charge is 0.346 e. The van der Waals surface area contributed by atoms with Crippen LogP contribution in [0.25, 0.3) is 0 Å². The van der Waals surface area contributed by atoms with Gasteiger partial charge in [0.25, 0.3) is 11.8 Å². The second kappa shape index (κ2) is 8.86. The zero-order valence-electron chi connectivity index (χ0n) is 12.9. The van der Waals surface area contributed by atoms with E-state index in [1.807, 2.05) is 36.4 Å². The van der Waals surface area contributed by atoms with Crippen molar-refractivity contribution in [3.8, 4) is 6.07 Å². The van der Waals surface area contributed by atoms with Crippen molar-refractivity contribution >= 4 is 17.5 Å². The fraction of sp³-hybridized carbons (Fsp3) is 0.111. The molecule has 0 radical (unpaired) electrons. The van der Waals surface area contributed by atoms with Gasteiger partial charge in [0, 0.05) is 5.56 Å². The quantitative estimate of drug-likeness (QED) is 0.628. The lowest BCUT2D eigenvalue weighted by atomic mass is 10.1. The van der Waals surface area contributed by atoms with E-state index in [2.05, 4.69) is 15.8 Å². The zero-order valence-corrected chi connectivity index (χ0v) is 12.9. The highest BCUT2D eigenvalue weighted by atomic mass is 16.2. The number of hydrogen-bond donors (Lipinski definition) is 2. The Kier molecular flexibility index (Phi) is 6.24. The molecule has 6 nitrogen and oxygen atoms in total. The third kappa shape index (κ3) is 5.07. The average Bonchev–Trinajstić information content (AvgIpc) is 2.63. The van der Waals surface area contributed by atoms with Crippen LogP contribution in [-0.2, 0) is 4.79 Å². The molecular formula is C18H16N4O2. The van der Waals surface area contributed by atoms with Crippen LogP contribution in [0, 0.1) is 11.3 Å². The minimum atomic E-state index is -0.500. The summed E-state index contributed by atoms with van der Waals surface area (Å²) in [5.41, 5.74) is 4.12. The van der Waals surface area contributed by atoms with Crippen molar-refractivity contribution in [2.75, 3.05) is 6.54 Å². The standard InChI is InChI=1S/C18H16N4O2/c19-12-11-17(23)22-21-16(14-7-3-1-4-8-14)13-20-18(24)15-9-5-2-6-10-15/h1-10H,11,13H2,(H,20,24)(H,22,23)/b21-16+. The van der Waals surface area contributed by atoms with Gasteiger partial charge in [0.05, 0.1) is 18.3 Å². The molecule has 2 aromatic rings. The van der Waals surface area contributed by atoms with E-state index in [4.69, 9.17) is 5.26 Å². The molecule has 2 N–H and O–H groups in total. The predicted molar refractivity (Wildman–Crippen MR) is 90.1 cm³/mol. The van der Waals surface area contributed by atoms with Gasteiger partial charge in [0.15, 0.2) is 0 Å². The highest BCUT2D eigenvalue weighted by molar-refractivity contribution is 6.05. The Morgan fingerprint density at radius 2 is 1.54 bits per heavy atom. The van der Waals surface area contributed by atoms with Crippen LogP contribution in [0.1, 0.15) is 22.3 Å². The molecule has 0 fully saturated rings. The minimum absolute atomic E-state index is 0.143. The van der Waals surface area contributed by atoms with Gasteiger partial charge in [-0.25, -0.2) is 5.43 Å². The lowest BCUT2D eigenvalue weighted by Crippen LogP contribution is -2.31. The molecule has 6 heteroatoms. The van der Waals surface area contributed by atoms with Gasteiger partial charge in [-0.3, -0.25) is 9.59 Å². The summed E-state index contributed by atoms with van der Waals surface area (Å²) >= 11 is 0. The Balaban J connectivity index is 2.09. The summed E-state index contributed by atoms with van der Waals surface area (Å²) in [5.74, 6) is -0.733. The lowest BCUT2D eigenvalue weighted by Gasteiger charge is -2.09. The number of amides is 2. The van der Waals surface area contributed by atoms with Crippen molar-refractivity contribution in [1.29, 1.82) is 5.26 Å². The van der Waals surface area contributed by atoms with Gasteiger partial charge in [0.1, 0.15) is 6.42 Å². The maximum atomic E-state index is 12.1. The molecule has 0 saturated heterocycles. The fourth-order valence-electron chi connectivity index (χ4n) is 1.93. The molecule has 2 aromatic carbocycles. The number of nitrogens with one attached hydrogen (secondary N) is 2. The molecule has 2 amide bonds. The number of nitrogens with zero attached hydrogens (tertiary/aromatic N) is 2. The topological polar surface area (TPSA) is 94.3 Å². The van der Waals surface area contributed by atoms with Crippen LogP contribution in [0.3, 0.4) is 0 Å². The second-order valence-corrected chi connectivity index (χ2v) is 4.84. The first-order valence-electron chi connectivity index (χ1n) is 7.31. The molecule has 0 atom stereocenters. The zero-order chi connectivity index (χ0) is 17.2. The van der Waals surface area contributed by atoms with Gasteiger partial charge >= 0.3 is 0 Å². The van der Waals surface area contributed by atoms with Gasteiger partial charge in [-0.05, 0) is 17.7 Å². The Morgan fingerprint density at radius 1 is 0.958 bits per heavy atom. The predicted octanol–water partition coefficient (Wildman–Crippen LogP) is 1.85.